The number of aromatic nitrogens is 2. The molecular weight excluding hydrogens is 481 g/mol. The summed E-state index contributed by atoms with van der Waals surface area (Å²) in [6.45, 7) is 5.70. The number of ether oxygens (including phenoxy) is 1. The Morgan fingerprint density at radius 2 is 1.86 bits per heavy atom. The lowest BCUT2D eigenvalue weighted by Crippen LogP contribution is -2.33. The first kappa shape index (κ1) is 24.0. The monoisotopic (exact) mass is 507 g/mol. The van der Waals surface area contributed by atoms with Gasteiger partial charge in [-0.25, -0.2) is 17.8 Å². The number of hydrogen-bond acceptors (Lipinski definition) is 5. The highest BCUT2D eigenvalue weighted by molar-refractivity contribution is 7.91. The van der Waals surface area contributed by atoms with Gasteiger partial charge in [-0.2, -0.15) is 0 Å². The van der Waals surface area contributed by atoms with Gasteiger partial charge in [0.15, 0.2) is 9.84 Å². The van der Waals surface area contributed by atoms with Gasteiger partial charge in [0.25, 0.3) is 5.91 Å². The number of aryl methyl sites for hydroxylation is 1. The number of aromatic amines is 1. The van der Waals surface area contributed by atoms with Gasteiger partial charge in [0.2, 0.25) is 0 Å². The predicted octanol–water partition coefficient (Wildman–Crippen LogP) is 4.81. The molecule has 0 saturated carbocycles. The number of nitrogens with zero attached hydrogens (tertiary/aromatic N) is 2. The molecule has 186 valence electrons. The standard InChI is InChI=1S/C27H26FN3O4S/c1-4-36(33,34)25-10-7-21(16(2)26(25)28)27(32)31-11-12-35-24-9-6-18(13-20(24)15-31)19-5-8-22-23(14-19)30-17(3)29-22/h5-10,13-14H,4,11-12,15H2,1-3H3,(H,29,30). The highest BCUT2D eigenvalue weighted by atomic mass is 32.2. The molecule has 0 saturated heterocycles. The molecule has 0 bridgehead atoms. The Hall–Kier alpha value is -3.72. The van der Waals surface area contributed by atoms with Gasteiger partial charge in [0.05, 0.1) is 23.3 Å². The Labute approximate surface area is 208 Å². The van der Waals surface area contributed by atoms with Crippen molar-refractivity contribution >= 4 is 26.8 Å². The van der Waals surface area contributed by atoms with E-state index < -0.39 is 15.7 Å². The summed E-state index contributed by atoms with van der Waals surface area (Å²) >= 11 is 0. The third kappa shape index (κ3) is 4.24. The normalized spacial score (nSPS) is 13.8. The van der Waals surface area contributed by atoms with E-state index in [2.05, 4.69) is 9.97 Å². The molecule has 1 N–H and O–H groups in total. The quantitative estimate of drug-likeness (QED) is 0.428. The smallest absolute Gasteiger partial charge is 0.254 e. The molecule has 7 nitrogen and oxygen atoms in total. The first-order valence-electron chi connectivity index (χ1n) is 11.7. The van der Waals surface area contributed by atoms with Crippen LogP contribution in [0, 0.1) is 19.7 Å². The zero-order valence-corrected chi connectivity index (χ0v) is 21.1. The van der Waals surface area contributed by atoms with Crippen LogP contribution in [0.15, 0.2) is 53.4 Å². The van der Waals surface area contributed by atoms with Gasteiger partial charge in [0.1, 0.15) is 28.9 Å². The molecule has 0 spiro atoms. The van der Waals surface area contributed by atoms with Crippen LogP contribution in [0.5, 0.6) is 5.75 Å². The maximum Gasteiger partial charge on any atom is 0.254 e. The van der Waals surface area contributed by atoms with Crippen LogP contribution in [-0.4, -0.2) is 48.1 Å². The predicted molar refractivity (Wildman–Crippen MR) is 135 cm³/mol. The highest BCUT2D eigenvalue weighted by Gasteiger charge is 2.26. The zero-order chi connectivity index (χ0) is 25.6. The fourth-order valence-electron chi connectivity index (χ4n) is 4.52. The second kappa shape index (κ2) is 9.05. The van der Waals surface area contributed by atoms with Crippen molar-refractivity contribution in [1.82, 2.24) is 14.9 Å². The number of carbonyl (C=O) groups excluding carboxylic acids is 1. The van der Waals surface area contributed by atoms with Crippen molar-refractivity contribution in [1.29, 1.82) is 0 Å². The molecule has 0 radical (unpaired) electrons. The number of rotatable bonds is 4. The lowest BCUT2D eigenvalue weighted by molar-refractivity contribution is 0.0731. The minimum Gasteiger partial charge on any atom is -0.491 e. The number of hydrogen-bond donors (Lipinski definition) is 1. The molecule has 5 rings (SSSR count). The van der Waals surface area contributed by atoms with Gasteiger partial charge in [0, 0.05) is 17.7 Å². The third-order valence-corrected chi connectivity index (χ3v) is 8.30. The summed E-state index contributed by atoms with van der Waals surface area (Å²) in [4.78, 5) is 22.3. The van der Waals surface area contributed by atoms with Gasteiger partial charge in [-0.1, -0.05) is 19.1 Å². The number of carbonyl (C=O) groups is 1. The largest absolute Gasteiger partial charge is 0.491 e. The summed E-state index contributed by atoms with van der Waals surface area (Å²) < 4.78 is 45.3. The number of imidazole rings is 1. The molecule has 0 atom stereocenters. The van der Waals surface area contributed by atoms with Crippen molar-refractivity contribution in [2.24, 2.45) is 0 Å². The van der Waals surface area contributed by atoms with Crippen molar-refractivity contribution in [2.45, 2.75) is 32.2 Å². The number of fused-ring (bicyclic) bond motifs is 2. The molecular formula is C27H26FN3O4S. The highest BCUT2D eigenvalue weighted by Crippen LogP contribution is 2.32. The second-order valence-electron chi connectivity index (χ2n) is 8.91. The van der Waals surface area contributed by atoms with Gasteiger partial charge >= 0.3 is 0 Å². The summed E-state index contributed by atoms with van der Waals surface area (Å²) in [6.07, 6.45) is 0. The van der Waals surface area contributed by atoms with Crippen molar-refractivity contribution in [3.63, 3.8) is 0 Å². The molecule has 0 fully saturated rings. The van der Waals surface area contributed by atoms with E-state index in [0.717, 1.165) is 33.5 Å². The van der Waals surface area contributed by atoms with E-state index in [1.807, 2.05) is 43.3 Å². The lowest BCUT2D eigenvalue weighted by atomic mass is 10.0. The summed E-state index contributed by atoms with van der Waals surface area (Å²) in [6, 6.07) is 14.5. The van der Waals surface area contributed by atoms with E-state index in [-0.39, 0.29) is 34.2 Å². The number of amides is 1. The number of benzene rings is 3. The average molecular weight is 508 g/mol. The van der Waals surface area contributed by atoms with Crippen molar-refractivity contribution < 1.29 is 22.3 Å². The third-order valence-electron chi connectivity index (χ3n) is 6.56. The number of H-pyrrole nitrogens is 1. The summed E-state index contributed by atoms with van der Waals surface area (Å²) in [5.41, 5.74) is 4.81. The van der Waals surface area contributed by atoms with Crippen LogP contribution in [0.25, 0.3) is 22.2 Å². The van der Waals surface area contributed by atoms with Crippen LogP contribution in [0.4, 0.5) is 4.39 Å². The van der Waals surface area contributed by atoms with Crippen LogP contribution in [0.2, 0.25) is 0 Å². The van der Waals surface area contributed by atoms with Gasteiger partial charge in [-0.15, -0.1) is 0 Å². The van der Waals surface area contributed by atoms with Crippen molar-refractivity contribution in [3.8, 4) is 16.9 Å². The van der Waals surface area contributed by atoms with E-state index in [1.165, 1.54) is 26.0 Å². The van der Waals surface area contributed by atoms with Crippen LogP contribution >= 0.6 is 0 Å². The van der Waals surface area contributed by atoms with E-state index in [1.54, 1.807) is 4.90 Å². The van der Waals surface area contributed by atoms with Crippen molar-refractivity contribution in [3.05, 3.63) is 76.9 Å². The lowest BCUT2D eigenvalue weighted by Gasteiger charge is -2.21. The molecule has 1 aromatic heterocycles. The van der Waals surface area contributed by atoms with Crippen LogP contribution in [0.3, 0.4) is 0 Å². The summed E-state index contributed by atoms with van der Waals surface area (Å²) in [5, 5.41) is 0. The first-order chi connectivity index (χ1) is 17.2. The maximum atomic E-state index is 15.0. The molecule has 0 aliphatic carbocycles. The van der Waals surface area contributed by atoms with Crippen LogP contribution in [0.1, 0.15) is 34.2 Å². The van der Waals surface area contributed by atoms with Crippen LogP contribution < -0.4 is 4.74 Å². The SMILES string of the molecule is CCS(=O)(=O)c1ccc(C(=O)N2CCOc3ccc(-c4ccc5nc(C)[nH]c5c4)cc3C2)c(C)c1F. The molecule has 1 aliphatic heterocycles. The van der Waals surface area contributed by atoms with E-state index in [0.29, 0.717) is 18.9 Å². The van der Waals surface area contributed by atoms with Gasteiger partial charge in [-0.3, -0.25) is 4.79 Å². The summed E-state index contributed by atoms with van der Waals surface area (Å²) in [5.74, 6) is 0.0778. The first-order valence-corrected chi connectivity index (χ1v) is 13.4. The number of sulfone groups is 1. The Morgan fingerprint density at radius 1 is 1.11 bits per heavy atom. The Morgan fingerprint density at radius 3 is 2.64 bits per heavy atom. The Kier molecular flexibility index (Phi) is 6.04. The number of nitrogens with one attached hydrogen (secondary N) is 1. The zero-order valence-electron chi connectivity index (χ0n) is 20.3. The molecule has 1 aliphatic rings. The topological polar surface area (TPSA) is 92.4 Å². The molecule has 0 unspecified atom stereocenters. The fraction of sp³-hybridized carbons (Fsp3) is 0.259. The van der Waals surface area contributed by atoms with Gasteiger partial charge in [-0.05, 0) is 66.9 Å². The Bertz CT molecular complexity index is 1610. The Balaban J connectivity index is 1.46. The minimum atomic E-state index is -3.73. The number of halogens is 1. The maximum absolute atomic E-state index is 15.0. The molecule has 4 aromatic rings. The molecule has 2 heterocycles. The molecule has 9 heteroatoms. The molecule has 3 aromatic carbocycles. The van der Waals surface area contributed by atoms with E-state index in [4.69, 9.17) is 4.74 Å². The average Bonchev–Trinajstić information content (AvgIpc) is 3.10. The minimum absolute atomic E-state index is 0.0248. The van der Waals surface area contributed by atoms with Crippen molar-refractivity contribution in [2.75, 3.05) is 18.9 Å². The van der Waals surface area contributed by atoms with E-state index in [9.17, 15) is 17.6 Å². The molecule has 1 amide bonds. The fourth-order valence-corrected chi connectivity index (χ4v) is 5.53. The molecule has 36 heavy (non-hydrogen) atoms. The second-order valence-corrected chi connectivity index (χ2v) is 11.2. The summed E-state index contributed by atoms with van der Waals surface area (Å²) in [7, 11) is -3.73. The van der Waals surface area contributed by atoms with Crippen LogP contribution in [-0.2, 0) is 16.4 Å². The van der Waals surface area contributed by atoms with Gasteiger partial charge < -0.3 is 14.6 Å². The van der Waals surface area contributed by atoms with E-state index >= 15 is 0 Å².